The predicted molar refractivity (Wildman–Crippen MR) is 103 cm³/mol. The van der Waals surface area contributed by atoms with E-state index in [9.17, 15) is 9.59 Å². The van der Waals surface area contributed by atoms with Gasteiger partial charge in [0, 0.05) is 36.1 Å². The minimum Gasteiger partial charge on any atom is -0.478 e. The first-order chi connectivity index (χ1) is 12.9. The second kappa shape index (κ2) is 7.82. The van der Waals surface area contributed by atoms with Gasteiger partial charge in [0.15, 0.2) is 0 Å². The Morgan fingerprint density at radius 3 is 2.59 bits per heavy atom. The van der Waals surface area contributed by atoms with Crippen LogP contribution >= 0.6 is 0 Å². The molecule has 1 aromatic carbocycles. The summed E-state index contributed by atoms with van der Waals surface area (Å²) in [4.78, 5) is 25.9. The highest BCUT2D eigenvalue weighted by atomic mass is 16.4. The van der Waals surface area contributed by atoms with E-state index in [1.54, 1.807) is 18.2 Å². The standard InChI is InChI=1S/C20H26N4O3/c1-12(18-13(2)22-23-14(18)3)19(25)24-9-7-16(8-10-24)21-17-6-4-5-15(11-17)20(26)27/h4-6,11-12,16,21H,7-10H2,1-3H3,(H,22,23)(H,26,27). The lowest BCUT2D eigenvalue weighted by Gasteiger charge is -2.34. The molecule has 7 heteroatoms. The molecule has 2 aromatic rings. The lowest BCUT2D eigenvalue weighted by Crippen LogP contribution is -2.44. The molecule has 1 unspecified atom stereocenters. The lowest BCUT2D eigenvalue weighted by atomic mass is 9.96. The summed E-state index contributed by atoms with van der Waals surface area (Å²) in [5, 5.41) is 19.6. The van der Waals surface area contributed by atoms with Crippen LogP contribution in [0.2, 0.25) is 0 Å². The van der Waals surface area contributed by atoms with Crippen LogP contribution in [0.4, 0.5) is 5.69 Å². The van der Waals surface area contributed by atoms with E-state index < -0.39 is 5.97 Å². The summed E-state index contributed by atoms with van der Waals surface area (Å²) in [6, 6.07) is 7.06. The van der Waals surface area contributed by atoms with Gasteiger partial charge in [-0.05, 0) is 51.8 Å². The fourth-order valence-corrected chi connectivity index (χ4v) is 3.82. The van der Waals surface area contributed by atoms with E-state index >= 15 is 0 Å². The van der Waals surface area contributed by atoms with E-state index in [1.165, 1.54) is 0 Å². The first-order valence-electron chi connectivity index (χ1n) is 9.27. The molecule has 0 radical (unpaired) electrons. The summed E-state index contributed by atoms with van der Waals surface area (Å²) in [6.45, 7) is 7.18. The van der Waals surface area contributed by atoms with Crippen molar-refractivity contribution in [3.63, 3.8) is 0 Å². The Morgan fingerprint density at radius 1 is 1.30 bits per heavy atom. The van der Waals surface area contributed by atoms with Gasteiger partial charge in [0.25, 0.3) is 0 Å². The van der Waals surface area contributed by atoms with Crippen LogP contribution in [-0.2, 0) is 4.79 Å². The molecule has 1 aromatic heterocycles. The predicted octanol–water partition coefficient (Wildman–Crippen LogP) is 2.93. The molecule has 27 heavy (non-hydrogen) atoms. The maximum Gasteiger partial charge on any atom is 0.335 e. The van der Waals surface area contributed by atoms with Crippen molar-refractivity contribution in [2.45, 2.75) is 45.6 Å². The van der Waals surface area contributed by atoms with Gasteiger partial charge in [-0.25, -0.2) is 4.79 Å². The number of carboxylic acid groups (broad SMARTS) is 1. The average Bonchev–Trinajstić information content (AvgIpc) is 2.99. The third-order valence-corrected chi connectivity index (χ3v) is 5.28. The fraction of sp³-hybridized carbons (Fsp3) is 0.450. The number of aryl methyl sites for hydroxylation is 2. The Labute approximate surface area is 158 Å². The third-order valence-electron chi connectivity index (χ3n) is 5.28. The first kappa shape index (κ1) is 18.9. The van der Waals surface area contributed by atoms with Gasteiger partial charge in [-0.1, -0.05) is 6.07 Å². The molecule has 0 spiro atoms. The Balaban J connectivity index is 1.58. The Kier molecular flexibility index (Phi) is 5.48. The van der Waals surface area contributed by atoms with Crippen molar-refractivity contribution < 1.29 is 14.7 Å². The summed E-state index contributed by atoms with van der Waals surface area (Å²) in [7, 11) is 0. The molecular formula is C20H26N4O3. The molecule has 3 rings (SSSR count). The second-order valence-electron chi connectivity index (χ2n) is 7.20. The van der Waals surface area contributed by atoms with Crippen molar-refractivity contribution in [1.82, 2.24) is 15.1 Å². The van der Waals surface area contributed by atoms with Crippen LogP contribution in [0, 0.1) is 13.8 Å². The van der Waals surface area contributed by atoms with Gasteiger partial charge in [0.2, 0.25) is 5.91 Å². The summed E-state index contributed by atoms with van der Waals surface area (Å²) in [6.07, 6.45) is 1.66. The zero-order valence-corrected chi connectivity index (χ0v) is 16.0. The number of aromatic amines is 1. The van der Waals surface area contributed by atoms with Gasteiger partial charge in [0.1, 0.15) is 0 Å². The van der Waals surface area contributed by atoms with E-state index in [1.807, 2.05) is 31.7 Å². The molecule has 0 saturated carbocycles. The van der Waals surface area contributed by atoms with Crippen molar-refractivity contribution in [2.75, 3.05) is 18.4 Å². The molecule has 7 nitrogen and oxygen atoms in total. The molecule has 1 aliphatic heterocycles. The van der Waals surface area contributed by atoms with E-state index in [2.05, 4.69) is 15.5 Å². The molecule has 1 atom stereocenters. The van der Waals surface area contributed by atoms with Crippen molar-refractivity contribution in [2.24, 2.45) is 0 Å². The maximum absolute atomic E-state index is 12.9. The maximum atomic E-state index is 12.9. The zero-order valence-electron chi connectivity index (χ0n) is 16.0. The summed E-state index contributed by atoms with van der Waals surface area (Å²) < 4.78 is 0. The van der Waals surface area contributed by atoms with Crippen LogP contribution < -0.4 is 5.32 Å². The van der Waals surface area contributed by atoms with Crippen molar-refractivity contribution in [1.29, 1.82) is 0 Å². The number of nitrogens with zero attached hydrogens (tertiary/aromatic N) is 2. The third kappa shape index (κ3) is 4.13. The summed E-state index contributed by atoms with van der Waals surface area (Å²) in [5.74, 6) is -1.01. The smallest absolute Gasteiger partial charge is 0.335 e. The van der Waals surface area contributed by atoms with Gasteiger partial charge in [0.05, 0.1) is 17.2 Å². The fourth-order valence-electron chi connectivity index (χ4n) is 3.82. The van der Waals surface area contributed by atoms with E-state index in [4.69, 9.17) is 5.11 Å². The van der Waals surface area contributed by atoms with Crippen molar-refractivity contribution in [3.05, 3.63) is 46.8 Å². The van der Waals surface area contributed by atoms with Gasteiger partial charge in [-0.3, -0.25) is 9.89 Å². The number of rotatable bonds is 5. The molecular weight excluding hydrogens is 344 g/mol. The van der Waals surface area contributed by atoms with Crippen LogP contribution in [-0.4, -0.2) is 51.2 Å². The van der Waals surface area contributed by atoms with E-state index in [0.717, 1.165) is 35.5 Å². The number of hydrogen-bond donors (Lipinski definition) is 3. The van der Waals surface area contributed by atoms with Gasteiger partial charge >= 0.3 is 5.97 Å². The minimum atomic E-state index is -0.933. The molecule has 0 bridgehead atoms. The number of aromatic nitrogens is 2. The molecule has 1 saturated heterocycles. The number of amides is 1. The number of carboxylic acids is 1. The number of benzene rings is 1. The molecule has 3 N–H and O–H groups in total. The Hall–Kier alpha value is -2.83. The number of carbonyl (C=O) groups is 2. The molecule has 2 heterocycles. The van der Waals surface area contributed by atoms with Crippen LogP contribution in [0.25, 0.3) is 0 Å². The Morgan fingerprint density at radius 2 is 2.00 bits per heavy atom. The van der Waals surface area contributed by atoms with Crippen LogP contribution in [0.15, 0.2) is 24.3 Å². The number of likely N-dealkylation sites (tertiary alicyclic amines) is 1. The molecule has 0 aliphatic carbocycles. The molecule has 1 aliphatic rings. The van der Waals surface area contributed by atoms with Crippen LogP contribution in [0.5, 0.6) is 0 Å². The highest BCUT2D eigenvalue weighted by Crippen LogP contribution is 2.26. The topological polar surface area (TPSA) is 98.3 Å². The zero-order chi connectivity index (χ0) is 19.6. The number of H-pyrrole nitrogens is 1. The average molecular weight is 370 g/mol. The van der Waals surface area contributed by atoms with Crippen LogP contribution in [0.1, 0.15) is 53.0 Å². The molecule has 1 fully saturated rings. The monoisotopic (exact) mass is 370 g/mol. The lowest BCUT2D eigenvalue weighted by molar-refractivity contribution is -0.133. The van der Waals surface area contributed by atoms with Crippen LogP contribution in [0.3, 0.4) is 0 Å². The number of hydrogen-bond acceptors (Lipinski definition) is 4. The highest BCUT2D eigenvalue weighted by Gasteiger charge is 2.29. The summed E-state index contributed by atoms with van der Waals surface area (Å²) >= 11 is 0. The largest absolute Gasteiger partial charge is 0.478 e. The molecule has 144 valence electrons. The number of nitrogens with one attached hydrogen (secondary N) is 2. The number of piperidine rings is 1. The number of anilines is 1. The quantitative estimate of drug-likeness (QED) is 0.752. The highest BCUT2D eigenvalue weighted by molar-refractivity contribution is 5.88. The van der Waals surface area contributed by atoms with Crippen molar-refractivity contribution in [3.8, 4) is 0 Å². The van der Waals surface area contributed by atoms with Gasteiger partial charge < -0.3 is 15.3 Å². The second-order valence-corrected chi connectivity index (χ2v) is 7.20. The first-order valence-corrected chi connectivity index (χ1v) is 9.27. The normalized spacial score (nSPS) is 16.2. The van der Waals surface area contributed by atoms with Gasteiger partial charge in [-0.2, -0.15) is 5.10 Å². The number of carbonyl (C=O) groups excluding carboxylic acids is 1. The SMILES string of the molecule is Cc1n[nH]c(C)c1C(C)C(=O)N1CCC(Nc2cccc(C(=O)O)c2)CC1. The minimum absolute atomic E-state index is 0.133. The Bertz CT molecular complexity index is 818. The van der Waals surface area contributed by atoms with Crippen molar-refractivity contribution >= 4 is 17.6 Å². The van der Waals surface area contributed by atoms with Gasteiger partial charge in [-0.15, -0.1) is 0 Å². The number of aromatic carboxylic acids is 1. The van der Waals surface area contributed by atoms with E-state index in [-0.39, 0.29) is 23.4 Å². The summed E-state index contributed by atoms with van der Waals surface area (Å²) in [5.41, 5.74) is 3.89. The molecule has 1 amide bonds. The van der Waals surface area contributed by atoms with E-state index in [0.29, 0.717) is 13.1 Å².